The van der Waals surface area contributed by atoms with Crippen molar-refractivity contribution < 1.29 is 19.7 Å². The number of aromatic nitrogens is 2. The lowest BCUT2D eigenvalue weighted by Crippen LogP contribution is -2.54. The molecule has 2 fully saturated rings. The van der Waals surface area contributed by atoms with Gasteiger partial charge in [0, 0.05) is 37.8 Å². The summed E-state index contributed by atoms with van der Waals surface area (Å²) in [5, 5.41) is 25.5. The van der Waals surface area contributed by atoms with Crippen molar-refractivity contribution in [1.82, 2.24) is 19.8 Å². The van der Waals surface area contributed by atoms with Gasteiger partial charge in [0.15, 0.2) is 5.69 Å². The summed E-state index contributed by atoms with van der Waals surface area (Å²) < 4.78 is 7.97. The van der Waals surface area contributed by atoms with Crippen LogP contribution in [0.1, 0.15) is 68.0 Å². The molecule has 3 N–H and O–H groups in total. The normalized spacial score (nSPS) is 22.9. The number of rotatable bonds is 10. The first-order valence-electron chi connectivity index (χ1n) is 15.0. The first kappa shape index (κ1) is 32.2. The Balaban J connectivity index is 0.00000405. The molecule has 2 heterocycles. The van der Waals surface area contributed by atoms with Crippen molar-refractivity contribution in [2.75, 3.05) is 32.8 Å². The maximum Gasteiger partial charge on any atom is 0.275 e. The Morgan fingerprint density at radius 3 is 2.55 bits per heavy atom. The third-order valence-corrected chi connectivity index (χ3v) is 8.47. The molecule has 1 aliphatic heterocycles. The van der Waals surface area contributed by atoms with Crippen molar-refractivity contribution in [1.29, 1.82) is 0 Å². The minimum atomic E-state index is -1.10. The van der Waals surface area contributed by atoms with Crippen LogP contribution >= 0.6 is 12.4 Å². The van der Waals surface area contributed by atoms with Crippen LogP contribution in [-0.2, 0) is 11.2 Å². The smallest absolute Gasteiger partial charge is 0.275 e. The summed E-state index contributed by atoms with van der Waals surface area (Å²) in [6.07, 6.45) is 6.25. The number of nitrogens with zero attached hydrogens (tertiary/aromatic N) is 3. The fraction of sp³-hybridized carbons (Fsp3) is 0.515. The zero-order valence-electron chi connectivity index (χ0n) is 24.7. The van der Waals surface area contributed by atoms with Crippen molar-refractivity contribution in [2.45, 2.75) is 75.7 Å². The van der Waals surface area contributed by atoms with E-state index in [4.69, 9.17) is 9.72 Å². The number of hydrogen-bond donors (Lipinski definition) is 3. The molecule has 228 valence electrons. The molecule has 1 saturated carbocycles. The number of piperazine rings is 1. The number of hydrogen-bond acceptors (Lipinski definition) is 6. The molecule has 3 atom stereocenters. The van der Waals surface area contributed by atoms with Crippen molar-refractivity contribution in [3.63, 3.8) is 0 Å². The van der Waals surface area contributed by atoms with Crippen LogP contribution in [0.25, 0.3) is 11.3 Å². The van der Waals surface area contributed by atoms with Gasteiger partial charge in [0.1, 0.15) is 5.60 Å². The van der Waals surface area contributed by atoms with E-state index in [9.17, 15) is 15.0 Å². The molecule has 1 saturated heterocycles. The quantitative estimate of drug-likeness (QED) is 0.295. The van der Waals surface area contributed by atoms with Crippen LogP contribution in [-0.4, -0.2) is 80.7 Å². The number of benzene rings is 2. The molecular weight excluding hydrogens is 552 g/mol. The van der Waals surface area contributed by atoms with E-state index in [1.807, 2.05) is 58.0 Å². The molecule has 0 bridgehead atoms. The van der Waals surface area contributed by atoms with Crippen molar-refractivity contribution in [3.8, 4) is 11.3 Å². The number of amides is 1. The summed E-state index contributed by atoms with van der Waals surface area (Å²) in [6.45, 7) is 6.12. The predicted molar refractivity (Wildman–Crippen MR) is 167 cm³/mol. The van der Waals surface area contributed by atoms with Gasteiger partial charge < -0.3 is 29.7 Å². The highest BCUT2D eigenvalue weighted by atomic mass is 35.5. The van der Waals surface area contributed by atoms with Gasteiger partial charge >= 0.3 is 0 Å². The van der Waals surface area contributed by atoms with Gasteiger partial charge in [0.2, 0.25) is 0 Å². The van der Waals surface area contributed by atoms with Gasteiger partial charge in [-0.15, -0.1) is 12.4 Å². The Morgan fingerprint density at radius 1 is 1.12 bits per heavy atom. The average molecular weight is 597 g/mol. The molecule has 1 aliphatic carbocycles. The molecule has 0 radical (unpaired) electrons. The highest BCUT2D eigenvalue weighted by molar-refractivity contribution is 5.98. The maximum absolute atomic E-state index is 14.3. The highest BCUT2D eigenvalue weighted by Gasteiger charge is 2.42. The van der Waals surface area contributed by atoms with Gasteiger partial charge in [-0.25, -0.2) is 4.98 Å². The van der Waals surface area contributed by atoms with Crippen molar-refractivity contribution in [3.05, 3.63) is 78.2 Å². The monoisotopic (exact) mass is 596 g/mol. The van der Waals surface area contributed by atoms with Gasteiger partial charge in [-0.05, 0) is 45.1 Å². The third kappa shape index (κ3) is 7.60. The second-order valence-electron chi connectivity index (χ2n) is 12.2. The van der Waals surface area contributed by atoms with Crippen molar-refractivity contribution in [2.24, 2.45) is 0 Å². The van der Waals surface area contributed by atoms with Gasteiger partial charge in [-0.2, -0.15) is 0 Å². The first-order chi connectivity index (χ1) is 19.8. The van der Waals surface area contributed by atoms with E-state index in [-0.39, 0.29) is 37.0 Å². The first-order valence-corrected chi connectivity index (χ1v) is 15.0. The molecule has 8 nitrogen and oxygen atoms in total. The van der Waals surface area contributed by atoms with Gasteiger partial charge in [-0.1, -0.05) is 73.5 Å². The Morgan fingerprint density at radius 2 is 1.83 bits per heavy atom. The summed E-state index contributed by atoms with van der Waals surface area (Å²) in [7, 11) is 0. The van der Waals surface area contributed by atoms with E-state index in [2.05, 4.69) is 17.4 Å². The van der Waals surface area contributed by atoms with E-state index in [1.54, 1.807) is 20.2 Å². The molecule has 9 heteroatoms. The Hall–Kier alpha value is -2.75. The fourth-order valence-electron chi connectivity index (χ4n) is 6.21. The average Bonchev–Trinajstić information content (AvgIpc) is 3.41. The molecule has 1 amide bonds. The molecule has 1 aromatic heterocycles. The zero-order valence-corrected chi connectivity index (χ0v) is 25.6. The molecule has 42 heavy (non-hydrogen) atoms. The Kier molecular flexibility index (Phi) is 10.8. The zero-order chi connectivity index (χ0) is 28.9. The topological polar surface area (TPSA) is 99.8 Å². The number of nitrogens with one attached hydrogen (secondary N) is 1. The Labute approximate surface area is 255 Å². The van der Waals surface area contributed by atoms with E-state index >= 15 is 0 Å². The van der Waals surface area contributed by atoms with Crippen LogP contribution < -0.4 is 5.32 Å². The lowest BCUT2D eigenvalue weighted by Gasteiger charge is -2.41. The predicted octanol–water partition coefficient (Wildman–Crippen LogP) is 4.65. The second-order valence-corrected chi connectivity index (χ2v) is 12.2. The second kappa shape index (κ2) is 14.1. The summed E-state index contributed by atoms with van der Waals surface area (Å²) in [4.78, 5) is 21.0. The van der Waals surface area contributed by atoms with Crippen molar-refractivity contribution >= 4 is 18.3 Å². The molecule has 2 aromatic carbocycles. The van der Waals surface area contributed by atoms with Crippen LogP contribution in [0, 0.1) is 0 Å². The van der Waals surface area contributed by atoms with Crippen LogP contribution in [0.3, 0.4) is 0 Å². The molecular formula is C33H45ClN4O4. The largest absolute Gasteiger partial charge is 0.390 e. The van der Waals surface area contributed by atoms with E-state index in [0.717, 1.165) is 50.0 Å². The number of halogens is 1. The van der Waals surface area contributed by atoms with Gasteiger partial charge in [0.25, 0.3) is 5.91 Å². The van der Waals surface area contributed by atoms with E-state index < -0.39 is 11.2 Å². The number of carbonyl (C=O) groups is 1. The molecule has 2 unspecified atom stereocenters. The van der Waals surface area contributed by atoms with Crippen LogP contribution in [0.15, 0.2) is 67.0 Å². The van der Waals surface area contributed by atoms with Gasteiger partial charge in [0.05, 0.1) is 30.3 Å². The van der Waals surface area contributed by atoms with Crippen LogP contribution in [0.5, 0.6) is 0 Å². The number of aliphatic hydroxyl groups is 2. The summed E-state index contributed by atoms with van der Waals surface area (Å²) in [5.74, 6) is -0.0780. The lowest BCUT2D eigenvalue weighted by molar-refractivity contribution is -0.104. The molecule has 3 aromatic rings. The number of imidazole rings is 1. The van der Waals surface area contributed by atoms with E-state index in [0.29, 0.717) is 31.7 Å². The van der Waals surface area contributed by atoms with Crippen LogP contribution in [0.4, 0.5) is 0 Å². The fourth-order valence-corrected chi connectivity index (χ4v) is 6.21. The standard InChI is InChI=1S/C33H44N4O4.ClH/c1-32(2,39)17-20-41-23-33(40)16-10-9-15-28(33)37-24-35-29(30(37)26-13-7-4-8-14-26)31(38)36-19-18-34-22-27(36)21-25-11-5-3-6-12-25;/h3-8,11-14,24,27-28,34,39-40H,9-10,15-23H2,1-2H3;1H/t27-,28?,33?;/m1./s1. The molecule has 2 aliphatic rings. The maximum atomic E-state index is 14.3. The summed E-state index contributed by atoms with van der Waals surface area (Å²) in [6, 6.07) is 19.9. The SMILES string of the molecule is CC(C)(O)CCOCC1(O)CCCCC1n1cnc(C(=O)N2CCNC[C@H]2Cc2ccccc2)c1-c1ccccc1.Cl. The van der Waals surface area contributed by atoms with Gasteiger partial charge in [-0.3, -0.25) is 4.79 Å². The van der Waals surface area contributed by atoms with Crippen LogP contribution in [0.2, 0.25) is 0 Å². The third-order valence-electron chi connectivity index (χ3n) is 8.47. The van der Waals surface area contributed by atoms with E-state index in [1.165, 1.54) is 5.56 Å². The minimum Gasteiger partial charge on any atom is -0.390 e. The minimum absolute atomic E-state index is 0. The lowest BCUT2D eigenvalue weighted by atomic mass is 9.80. The summed E-state index contributed by atoms with van der Waals surface area (Å²) >= 11 is 0. The Bertz CT molecular complexity index is 1280. The number of ether oxygens (including phenoxy) is 1. The molecule has 5 rings (SSSR count). The number of carbonyl (C=O) groups excluding carboxylic acids is 1. The molecule has 0 spiro atoms. The highest BCUT2D eigenvalue weighted by Crippen LogP contribution is 2.41. The summed E-state index contributed by atoms with van der Waals surface area (Å²) in [5.41, 5.74) is 1.34.